The van der Waals surface area contributed by atoms with Crippen LogP contribution in [0.1, 0.15) is 21.1 Å². The minimum Gasteiger partial charge on any atom is -0.486 e. The first kappa shape index (κ1) is 17.8. The molecular formula is C19H16N6O2S. The Bertz CT molecular complexity index is 1080. The zero-order valence-electron chi connectivity index (χ0n) is 14.9. The molecule has 0 unspecified atom stereocenters. The molecule has 0 bridgehead atoms. The fraction of sp³-hybridized carbons (Fsp3) is 0.105. The first-order valence-corrected chi connectivity index (χ1v) is 9.34. The van der Waals surface area contributed by atoms with Crippen LogP contribution in [0.15, 0.2) is 60.2 Å². The maximum absolute atomic E-state index is 12.5. The van der Waals surface area contributed by atoms with Crippen molar-refractivity contribution >= 4 is 22.9 Å². The summed E-state index contributed by atoms with van der Waals surface area (Å²) in [6, 6.07) is 15.0. The largest absolute Gasteiger partial charge is 0.486 e. The molecule has 4 rings (SSSR count). The molecule has 0 aliphatic heterocycles. The highest BCUT2D eigenvalue weighted by atomic mass is 32.1. The third kappa shape index (κ3) is 4.21. The molecule has 1 N–H and O–H groups in total. The van der Waals surface area contributed by atoms with Gasteiger partial charge in [-0.3, -0.25) is 4.79 Å². The number of nitrogens with zero attached hydrogens (tertiary/aromatic N) is 5. The second-order valence-electron chi connectivity index (χ2n) is 5.99. The van der Waals surface area contributed by atoms with Crippen LogP contribution in [0.2, 0.25) is 0 Å². The number of aromatic nitrogens is 5. The minimum atomic E-state index is -0.285. The smallest absolute Gasteiger partial charge is 0.275 e. The summed E-state index contributed by atoms with van der Waals surface area (Å²) in [5, 5.41) is 16.3. The summed E-state index contributed by atoms with van der Waals surface area (Å²) in [5.74, 6) is 0.484. The van der Waals surface area contributed by atoms with Crippen molar-refractivity contribution in [2.24, 2.45) is 0 Å². The Morgan fingerprint density at radius 3 is 2.86 bits per heavy atom. The molecule has 0 saturated carbocycles. The molecular weight excluding hydrogens is 376 g/mol. The van der Waals surface area contributed by atoms with Gasteiger partial charge in [0.15, 0.2) is 0 Å². The average molecular weight is 392 g/mol. The summed E-state index contributed by atoms with van der Waals surface area (Å²) in [7, 11) is 0. The first-order chi connectivity index (χ1) is 13.7. The molecule has 0 fully saturated rings. The van der Waals surface area contributed by atoms with Gasteiger partial charge in [0.25, 0.3) is 5.91 Å². The van der Waals surface area contributed by atoms with Crippen LogP contribution in [0, 0.1) is 6.92 Å². The highest BCUT2D eigenvalue weighted by Crippen LogP contribution is 2.18. The van der Waals surface area contributed by atoms with Gasteiger partial charge >= 0.3 is 0 Å². The molecule has 0 spiro atoms. The summed E-state index contributed by atoms with van der Waals surface area (Å²) in [5.41, 5.74) is 2.89. The number of rotatable bonds is 6. The van der Waals surface area contributed by atoms with E-state index >= 15 is 0 Å². The summed E-state index contributed by atoms with van der Waals surface area (Å²) in [6.07, 6.45) is 1.49. The molecule has 0 radical (unpaired) electrons. The van der Waals surface area contributed by atoms with Gasteiger partial charge in [-0.1, -0.05) is 23.8 Å². The number of hydrogen-bond acceptors (Lipinski definition) is 7. The second-order valence-corrected chi connectivity index (χ2v) is 6.93. The Labute approximate surface area is 164 Å². The number of anilines is 1. The van der Waals surface area contributed by atoms with Crippen LogP contribution in [0.25, 0.3) is 5.69 Å². The number of benzene rings is 2. The van der Waals surface area contributed by atoms with E-state index in [0.717, 1.165) is 16.4 Å². The van der Waals surface area contributed by atoms with Crippen molar-refractivity contribution in [3.63, 3.8) is 0 Å². The Morgan fingerprint density at radius 1 is 1.21 bits per heavy atom. The van der Waals surface area contributed by atoms with E-state index < -0.39 is 0 Å². The van der Waals surface area contributed by atoms with Gasteiger partial charge in [0.05, 0.1) is 5.69 Å². The van der Waals surface area contributed by atoms with E-state index in [4.69, 9.17) is 4.74 Å². The van der Waals surface area contributed by atoms with Crippen molar-refractivity contribution in [1.82, 2.24) is 25.2 Å². The van der Waals surface area contributed by atoms with Crippen LogP contribution < -0.4 is 10.1 Å². The van der Waals surface area contributed by atoms with Gasteiger partial charge < -0.3 is 10.1 Å². The maximum Gasteiger partial charge on any atom is 0.275 e. The molecule has 9 heteroatoms. The van der Waals surface area contributed by atoms with Crippen molar-refractivity contribution in [2.75, 3.05) is 5.32 Å². The highest BCUT2D eigenvalue weighted by molar-refractivity contribution is 7.09. The van der Waals surface area contributed by atoms with Gasteiger partial charge in [-0.2, -0.15) is 0 Å². The normalized spacial score (nSPS) is 10.6. The first-order valence-electron chi connectivity index (χ1n) is 8.46. The maximum atomic E-state index is 12.5. The molecule has 0 aliphatic carbocycles. The van der Waals surface area contributed by atoms with Crippen molar-refractivity contribution in [1.29, 1.82) is 0 Å². The lowest BCUT2D eigenvalue weighted by molar-refractivity contribution is 0.102. The van der Waals surface area contributed by atoms with Crippen LogP contribution in [0.5, 0.6) is 5.75 Å². The Kier molecular flexibility index (Phi) is 5.07. The van der Waals surface area contributed by atoms with Crippen molar-refractivity contribution in [3.05, 3.63) is 76.5 Å². The van der Waals surface area contributed by atoms with Gasteiger partial charge in [-0.05, 0) is 47.7 Å². The molecule has 2 aromatic carbocycles. The lowest BCUT2D eigenvalue weighted by atomic mass is 10.2. The fourth-order valence-electron chi connectivity index (χ4n) is 2.46. The number of tetrazole rings is 1. The summed E-state index contributed by atoms with van der Waals surface area (Å²) < 4.78 is 7.22. The van der Waals surface area contributed by atoms with Crippen molar-refractivity contribution in [2.45, 2.75) is 13.5 Å². The predicted molar refractivity (Wildman–Crippen MR) is 105 cm³/mol. The average Bonchev–Trinajstić information content (AvgIpc) is 3.40. The molecule has 1 amide bonds. The number of aryl methyl sites for hydroxylation is 1. The van der Waals surface area contributed by atoms with E-state index in [2.05, 4.69) is 25.8 Å². The quantitative estimate of drug-likeness (QED) is 0.541. The third-order valence-electron chi connectivity index (χ3n) is 3.89. The second kappa shape index (κ2) is 7.97. The SMILES string of the molecule is Cc1ccc(OCc2nc(C(=O)Nc3cccc(-n4cnnn4)c3)cs2)cc1. The van der Waals surface area contributed by atoms with E-state index in [-0.39, 0.29) is 5.91 Å². The molecule has 8 nitrogen and oxygen atoms in total. The fourth-order valence-corrected chi connectivity index (χ4v) is 3.15. The number of amides is 1. The van der Waals surface area contributed by atoms with Crippen LogP contribution in [0.4, 0.5) is 5.69 Å². The number of ether oxygens (including phenoxy) is 1. The number of thiazole rings is 1. The third-order valence-corrected chi connectivity index (χ3v) is 4.71. The Balaban J connectivity index is 1.39. The predicted octanol–water partition coefficient (Wildman–Crippen LogP) is 3.26. The Morgan fingerprint density at radius 2 is 2.07 bits per heavy atom. The van der Waals surface area contributed by atoms with E-state index in [0.29, 0.717) is 18.0 Å². The molecule has 0 atom stereocenters. The molecule has 28 heavy (non-hydrogen) atoms. The number of carbonyl (C=O) groups is 1. The number of nitrogens with one attached hydrogen (secondary N) is 1. The topological polar surface area (TPSA) is 94.8 Å². The molecule has 140 valence electrons. The van der Waals surface area contributed by atoms with Gasteiger partial charge in [-0.25, -0.2) is 9.67 Å². The lowest BCUT2D eigenvalue weighted by Crippen LogP contribution is -2.13. The summed E-state index contributed by atoms with van der Waals surface area (Å²) in [6.45, 7) is 2.34. The van der Waals surface area contributed by atoms with Crippen LogP contribution in [-0.4, -0.2) is 31.1 Å². The lowest BCUT2D eigenvalue weighted by Gasteiger charge is -2.06. The van der Waals surface area contributed by atoms with Crippen molar-refractivity contribution < 1.29 is 9.53 Å². The standard InChI is InChI=1S/C19H16N6O2S/c1-13-5-7-16(8-6-13)27-10-18-22-17(11-28-18)19(26)21-14-3-2-4-15(9-14)25-12-20-23-24-25/h2-9,11-12H,10H2,1H3,(H,21,26). The summed E-state index contributed by atoms with van der Waals surface area (Å²) >= 11 is 1.38. The zero-order valence-corrected chi connectivity index (χ0v) is 15.8. The molecule has 2 heterocycles. The molecule has 0 saturated heterocycles. The minimum absolute atomic E-state index is 0.285. The monoisotopic (exact) mass is 392 g/mol. The molecule has 4 aromatic rings. The zero-order chi connectivity index (χ0) is 19.3. The van der Waals surface area contributed by atoms with E-state index in [1.807, 2.05) is 43.3 Å². The Hall–Kier alpha value is -3.59. The highest BCUT2D eigenvalue weighted by Gasteiger charge is 2.12. The summed E-state index contributed by atoms with van der Waals surface area (Å²) in [4.78, 5) is 16.8. The van der Waals surface area contributed by atoms with Gasteiger partial charge in [0.2, 0.25) is 0 Å². The molecule has 2 aromatic heterocycles. The van der Waals surface area contributed by atoms with Gasteiger partial charge in [0, 0.05) is 11.1 Å². The molecule has 0 aliphatic rings. The van der Waals surface area contributed by atoms with Gasteiger partial charge in [-0.15, -0.1) is 16.4 Å². The van der Waals surface area contributed by atoms with E-state index in [1.54, 1.807) is 17.5 Å². The number of carbonyl (C=O) groups excluding carboxylic acids is 1. The van der Waals surface area contributed by atoms with Crippen molar-refractivity contribution in [3.8, 4) is 11.4 Å². The van der Waals surface area contributed by atoms with Crippen LogP contribution in [-0.2, 0) is 6.61 Å². The van der Waals surface area contributed by atoms with Crippen LogP contribution in [0.3, 0.4) is 0 Å². The van der Waals surface area contributed by atoms with E-state index in [9.17, 15) is 4.79 Å². The van der Waals surface area contributed by atoms with E-state index in [1.165, 1.54) is 27.9 Å². The van der Waals surface area contributed by atoms with Crippen LogP contribution >= 0.6 is 11.3 Å². The van der Waals surface area contributed by atoms with Gasteiger partial charge in [0.1, 0.15) is 29.4 Å². The number of hydrogen-bond donors (Lipinski definition) is 1.